The van der Waals surface area contributed by atoms with Crippen LogP contribution in [0.5, 0.6) is 0 Å². The van der Waals surface area contributed by atoms with E-state index in [-0.39, 0.29) is 12.5 Å². The topological polar surface area (TPSA) is 55.6 Å². The van der Waals surface area contributed by atoms with Crippen molar-refractivity contribution in [3.63, 3.8) is 0 Å². The highest BCUT2D eigenvalue weighted by atomic mass is 16.5. The summed E-state index contributed by atoms with van der Waals surface area (Å²) in [6.07, 6.45) is 0.836. The van der Waals surface area contributed by atoms with E-state index in [1.165, 1.54) is 5.01 Å². The van der Waals surface area contributed by atoms with E-state index in [0.717, 1.165) is 6.42 Å². The summed E-state index contributed by atoms with van der Waals surface area (Å²) >= 11 is 0. The Balaban J connectivity index is 2.41. The molecule has 1 aliphatic rings. The third-order valence-electron chi connectivity index (χ3n) is 1.23. The number of nitrogens with two attached hydrogens (primary N) is 1. The van der Waals surface area contributed by atoms with Crippen LogP contribution >= 0.6 is 0 Å². The van der Waals surface area contributed by atoms with E-state index in [2.05, 4.69) is 0 Å². The largest absolute Gasteiger partial charge is 0.372 e. The Morgan fingerprint density at radius 3 is 3.22 bits per heavy atom. The monoisotopic (exact) mass is 130 g/mol. The molecule has 0 spiro atoms. The first-order chi connectivity index (χ1) is 4.30. The molecular weight excluding hydrogens is 120 g/mol. The lowest BCUT2D eigenvalue weighted by atomic mass is 10.4. The first-order valence-corrected chi connectivity index (χ1v) is 2.93. The molecule has 4 nitrogen and oxygen atoms in total. The number of ether oxygens (including phenoxy) is 1. The van der Waals surface area contributed by atoms with Gasteiger partial charge in [0.25, 0.3) is 5.91 Å². The van der Waals surface area contributed by atoms with Gasteiger partial charge >= 0.3 is 0 Å². The zero-order valence-corrected chi connectivity index (χ0v) is 5.17. The minimum Gasteiger partial charge on any atom is -0.372 e. The lowest BCUT2D eigenvalue weighted by Gasteiger charge is -2.10. The first-order valence-electron chi connectivity index (χ1n) is 2.93. The van der Waals surface area contributed by atoms with Crippen LogP contribution in [0, 0.1) is 0 Å². The number of hydrazine groups is 1. The molecule has 1 saturated heterocycles. The van der Waals surface area contributed by atoms with Crippen LogP contribution in [-0.4, -0.2) is 30.7 Å². The lowest BCUT2D eigenvalue weighted by molar-refractivity contribution is -0.134. The van der Waals surface area contributed by atoms with Crippen LogP contribution in [0.25, 0.3) is 0 Å². The lowest BCUT2D eigenvalue weighted by Crippen LogP contribution is -2.38. The van der Waals surface area contributed by atoms with Crippen molar-refractivity contribution >= 4 is 5.91 Å². The second-order valence-corrected chi connectivity index (χ2v) is 1.99. The predicted molar refractivity (Wildman–Crippen MR) is 31.3 cm³/mol. The van der Waals surface area contributed by atoms with Crippen molar-refractivity contribution in [2.45, 2.75) is 6.42 Å². The molecule has 0 radical (unpaired) electrons. The van der Waals surface area contributed by atoms with Gasteiger partial charge in [0.15, 0.2) is 0 Å². The number of nitrogens with zero attached hydrogens (tertiary/aromatic N) is 1. The van der Waals surface area contributed by atoms with E-state index in [1.807, 2.05) is 0 Å². The predicted octanol–water partition coefficient (Wildman–Crippen LogP) is -0.891. The van der Waals surface area contributed by atoms with Gasteiger partial charge in [-0.15, -0.1) is 0 Å². The SMILES string of the molecule is NN1CCCOCC1=O. The summed E-state index contributed by atoms with van der Waals surface area (Å²) in [5, 5.41) is 1.20. The van der Waals surface area contributed by atoms with Gasteiger partial charge in [-0.2, -0.15) is 0 Å². The minimum absolute atomic E-state index is 0.132. The third kappa shape index (κ3) is 1.65. The Kier molecular flexibility index (Phi) is 2.02. The molecule has 52 valence electrons. The Labute approximate surface area is 53.5 Å². The molecule has 0 aromatic heterocycles. The average Bonchev–Trinajstić information content (AvgIpc) is 1.99. The van der Waals surface area contributed by atoms with E-state index in [0.29, 0.717) is 13.2 Å². The molecular formula is C5H10N2O2. The van der Waals surface area contributed by atoms with Crippen molar-refractivity contribution in [2.24, 2.45) is 5.84 Å². The summed E-state index contributed by atoms with van der Waals surface area (Å²) in [4.78, 5) is 10.7. The van der Waals surface area contributed by atoms with Gasteiger partial charge in [0, 0.05) is 13.2 Å². The molecule has 1 heterocycles. The van der Waals surface area contributed by atoms with Crippen LogP contribution in [-0.2, 0) is 9.53 Å². The molecule has 1 fully saturated rings. The zero-order valence-electron chi connectivity index (χ0n) is 5.17. The molecule has 9 heavy (non-hydrogen) atoms. The third-order valence-corrected chi connectivity index (χ3v) is 1.23. The van der Waals surface area contributed by atoms with Gasteiger partial charge in [0.2, 0.25) is 0 Å². The molecule has 0 unspecified atom stereocenters. The Morgan fingerprint density at radius 2 is 2.44 bits per heavy atom. The molecule has 0 aliphatic carbocycles. The van der Waals surface area contributed by atoms with Gasteiger partial charge in [-0.1, -0.05) is 0 Å². The molecule has 1 rings (SSSR count). The van der Waals surface area contributed by atoms with E-state index in [9.17, 15) is 4.79 Å². The second-order valence-electron chi connectivity index (χ2n) is 1.99. The van der Waals surface area contributed by atoms with Crippen LogP contribution in [0.1, 0.15) is 6.42 Å². The fraction of sp³-hybridized carbons (Fsp3) is 0.800. The second kappa shape index (κ2) is 2.80. The minimum atomic E-state index is -0.132. The maximum absolute atomic E-state index is 10.7. The van der Waals surface area contributed by atoms with Crippen molar-refractivity contribution in [1.82, 2.24) is 5.01 Å². The van der Waals surface area contributed by atoms with Crippen LogP contribution in [0.2, 0.25) is 0 Å². The van der Waals surface area contributed by atoms with Gasteiger partial charge in [-0.05, 0) is 6.42 Å². The molecule has 0 aromatic rings. The van der Waals surface area contributed by atoms with Crippen molar-refractivity contribution in [1.29, 1.82) is 0 Å². The summed E-state index contributed by atoms with van der Waals surface area (Å²) in [5.74, 6) is 5.15. The van der Waals surface area contributed by atoms with Gasteiger partial charge in [-0.25, -0.2) is 5.84 Å². The van der Waals surface area contributed by atoms with E-state index in [4.69, 9.17) is 10.6 Å². The zero-order chi connectivity index (χ0) is 6.69. The number of carbonyl (C=O) groups is 1. The average molecular weight is 130 g/mol. The van der Waals surface area contributed by atoms with Crippen molar-refractivity contribution in [2.75, 3.05) is 19.8 Å². The summed E-state index contributed by atoms with van der Waals surface area (Å²) < 4.78 is 4.91. The Bertz CT molecular complexity index is 116. The Morgan fingerprint density at radius 1 is 1.67 bits per heavy atom. The standard InChI is InChI=1S/C5H10N2O2/c6-7-2-1-3-9-4-5(7)8/h1-4,6H2. The van der Waals surface area contributed by atoms with Crippen LogP contribution in [0.15, 0.2) is 0 Å². The Hall–Kier alpha value is -0.610. The highest BCUT2D eigenvalue weighted by Gasteiger charge is 2.11. The molecule has 0 saturated carbocycles. The molecule has 0 atom stereocenters. The highest BCUT2D eigenvalue weighted by Crippen LogP contribution is 1.93. The number of carbonyl (C=O) groups excluding carboxylic acids is 1. The van der Waals surface area contributed by atoms with Gasteiger partial charge in [0.1, 0.15) is 6.61 Å². The maximum Gasteiger partial charge on any atom is 0.262 e. The molecule has 0 bridgehead atoms. The normalized spacial score (nSPS) is 21.9. The smallest absolute Gasteiger partial charge is 0.262 e. The van der Waals surface area contributed by atoms with E-state index >= 15 is 0 Å². The molecule has 2 N–H and O–H groups in total. The summed E-state index contributed by atoms with van der Waals surface area (Å²) in [6.45, 7) is 1.38. The van der Waals surface area contributed by atoms with Gasteiger partial charge < -0.3 is 4.74 Å². The molecule has 1 aliphatic heterocycles. The highest BCUT2D eigenvalue weighted by molar-refractivity contribution is 5.76. The van der Waals surface area contributed by atoms with E-state index < -0.39 is 0 Å². The molecule has 0 aromatic carbocycles. The maximum atomic E-state index is 10.7. The van der Waals surface area contributed by atoms with Crippen molar-refractivity contribution < 1.29 is 9.53 Å². The number of hydrogen-bond acceptors (Lipinski definition) is 3. The van der Waals surface area contributed by atoms with Crippen LogP contribution < -0.4 is 5.84 Å². The molecule has 1 amide bonds. The number of rotatable bonds is 0. The summed E-state index contributed by atoms with van der Waals surface area (Å²) in [6, 6.07) is 0. The van der Waals surface area contributed by atoms with E-state index in [1.54, 1.807) is 0 Å². The fourth-order valence-corrected chi connectivity index (χ4v) is 0.704. The molecule has 4 heteroatoms. The fourth-order valence-electron chi connectivity index (χ4n) is 0.704. The van der Waals surface area contributed by atoms with Crippen molar-refractivity contribution in [3.05, 3.63) is 0 Å². The first kappa shape index (κ1) is 6.51. The van der Waals surface area contributed by atoms with Crippen LogP contribution in [0.3, 0.4) is 0 Å². The van der Waals surface area contributed by atoms with Crippen molar-refractivity contribution in [3.8, 4) is 0 Å². The van der Waals surface area contributed by atoms with Gasteiger partial charge in [-0.3, -0.25) is 9.80 Å². The quantitative estimate of drug-likeness (QED) is 0.342. The van der Waals surface area contributed by atoms with Crippen LogP contribution in [0.4, 0.5) is 0 Å². The van der Waals surface area contributed by atoms with Gasteiger partial charge in [0.05, 0.1) is 0 Å². The summed E-state index contributed by atoms with van der Waals surface area (Å²) in [5.41, 5.74) is 0. The number of hydrogen-bond donors (Lipinski definition) is 1. The number of amides is 1. The summed E-state index contributed by atoms with van der Waals surface area (Å²) in [7, 11) is 0.